The van der Waals surface area contributed by atoms with Crippen LogP contribution >= 0.6 is 11.8 Å². The number of fused-ring (bicyclic) bond motifs is 1. The first-order valence-corrected chi connectivity index (χ1v) is 8.55. The predicted octanol–water partition coefficient (Wildman–Crippen LogP) is 1.87. The van der Waals surface area contributed by atoms with Crippen LogP contribution in [0.1, 0.15) is 5.82 Å². The van der Waals surface area contributed by atoms with Crippen LogP contribution in [-0.2, 0) is 6.42 Å². The third kappa shape index (κ3) is 3.47. The first-order chi connectivity index (χ1) is 10.8. The third-order valence-electron chi connectivity index (χ3n) is 3.67. The number of hydrogen-bond acceptors (Lipinski definition) is 4. The molecule has 0 saturated carbocycles. The third-order valence-corrected chi connectivity index (χ3v) is 4.62. The molecule has 2 aromatic rings. The number of carbonyl (C=O) groups excluding carboxylic acids is 1. The van der Waals surface area contributed by atoms with Crippen LogP contribution < -0.4 is 10.1 Å². The quantitative estimate of drug-likeness (QED) is 0.902. The van der Waals surface area contributed by atoms with Crippen molar-refractivity contribution in [2.75, 3.05) is 38.2 Å². The van der Waals surface area contributed by atoms with Crippen molar-refractivity contribution in [2.24, 2.45) is 0 Å². The molecule has 0 aliphatic carbocycles. The fourth-order valence-corrected chi connectivity index (χ4v) is 3.36. The van der Waals surface area contributed by atoms with Crippen molar-refractivity contribution in [1.29, 1.82) is 0 Å². The van der Waals surface area contributed by atoms with Gasteiger partial charge in [-0.05, 0) is 12.1 Å². The molecule has 0 unspecified atom stereocenters. The molecule has 3 rings (SSSR count). The number of benzene rings is 1. The Kier molecular flexibility index (Phi) is 4.72. The number of H-pyrrole nitrogens is 1. The van der Waals surface area contributed by atoms with Crippen molar-refractivity contribution in [3.63, 3.8) is 0 Å². The van der Waals surface area contributed by atoms with E-state index in [-0.39, 0.29) is 6.03 Å². The van der Waals surface area contributed by atoms with Crippen LogP contribution in [-0.4, -0.2) is 59.1 Å². The summed E-state index contributed by atoms with van der Waals surface area (Å²) < 4.78 is 5.20. The number of urea groups is 1. The minimum absolute atomic E-state index is 0.0260. The average Bonchev–Trinajstić information content (AvgIpc) is 2.97. The number of nitrogens with zero attached hydrogens (tertiary/aromatic N) is 2. The highest BCUT2D eigenvalue weighted by Gasteiger charge is 2.16. The highest BCUT2D eigenvalue weighted by molar-refractivity contribution is 7.99. The molecule has 7 heteroatoms. The van der Waals surface area contributed by atoms with Gasteiger partial charge < -0.3 is 19.9 Å². The Morgan fingerprint density at radius 1 is 1.45 bits per heavy atom. The van der Waals surface area contributed by atoms with Gasteiger partial charge in [0.2, 0.25) is 0 Å². The van der Waals surface area contributed by atoms with E-state index >= 15 is 0 Å². The van der Waals surface area contributed by atoms with E-state index in [1.165, 1.54) is 0 Å². The predicted molar refractivity (Wildman–Crippen MR) is 88.6 cm³/mol. The van der Waals surface area contributed by atoms with Gasteiger partial charge in [-0.2, -0.15) is 11.8 Å². The number of imidazole rings is 1. The maximum absolute atomic E-state index is 12.0. The van der Waals surface area contributed by atoms with Crippen LogP contribution in [0.25, 0.3) is 11.0 Å². The Bertz CT molecular complexity index is 652. The van der Waals surface area contributed by atoms with Gasteiger partial charge in [0, 0.05) is 43.6 Å². The number of aromatic nitrogens is 2. The van der Waals surface area contributed by atoms with Gasteiger partial charge in [-0.3, -0.25) is 0 Å². The van der Waals surface area contributed by atoms with Gasteiger partial charge in [-0.15, -0.1) is 0 Å². The summed E-state index contributed by atoms with van der Waals surface area (Å²) >= 11 is 1.90. The van der Waals surface area contributed by atoms with E-state index in [1.54, 1.807) is 7.11 Å². The van der Waals surface area contributed by atoms with Crippen molar-refractivity contribution in [2.45, 2.75) is 6.42 Å². The zero-order chi connectivity index (χ0) is 15.4. The molecule has 0 spiro atoms. The fraction of sp³-hybridized carbons (Fsp3) is 0.467. The van der Waals surface area contributed by atoms with E-state index in [0.29, 0.717) is 13.0 Å². The molecule has 0 atom stereocenters. The first kappa shape index (κ1) is 15.0. The second-order valence-corrected chi connectivity index (χ2v) is 6.37. The van der Waals surface area contributed by atoms with Gasteiger partial charge in [-0.25, -0.2) is 9.78 Å². The van der Waals surface area contributed by atoms with Crippen LogP contribution in [0, 0.1) is 0 Å². The van der Waals surface area contributed by atoms with E-state index in [0.717, 1.165) is 47.2 Å². The van der Waals surface area contributed by atoms with Crippen LogP contribution in [0.4, 0.5) is 4.79 Å². The van der Waals surface area contributed by atoms with Crippen molar-refractivity contribution < 1.29 is 9.53 Å². The molecule has 2 heterocycles. The van der Waals surface area contributed by atoms with Crippen molar-refractivity contribution >= 4 is 28.8 Å². The molecule has 118 valence electrons. The van der Waals surface area contributed by atoms with E-state index < -0.39 is 0 Å². The largest absolute Gasteiger partial charge is 0.497 e. The Hall–Kier alpha value is -1.89. The standard InChI is InChI=1S/C15H20N4O2S/c1-21-11-2-3-12-13(10-11)18-14(17-12)4-5-16-15(20)19-6-8-22-9-7-19/h2-3,10H,4-9H2,1H3,(H,16,20)(H,17,18). The molecule has 6 nitrogen and oxygen atoms in total. The maximum atomic E-state index is 12.0. The van der Waals surface area contributed by atoms with E-state index in [4.69, 9.17) is 4.74 Å². The van der Waals surface area contributed by atoms with Gasteiger partial charge in [-0.1, -0.05) is 0 Å². The molecule has 1 saturated heterocycles. The first-order valence-electron chi connectivity index (χ1n) is 7.39. The monoisotopic (exact) mass is 320 g/mol. The number of rotatable bonds is 4. The summed E-state index contributed by atoms with van der Waals surface area (Å²) in [5.74, 6) is 3.73. The van der Waals surface area contributed by atoms with Gasteiger partial charge >= 0.3 is 6.03 Å². The summed E-state index contributed by atoms with van der Waals surface area (Å²) in [5, 5.41) is 2.96. The van der Waals surface area contributed by atoms with Crippen molar-refractivity contribution in [3.8, 4) is 5.75 Å². The van der Waals surface area contributed by atoms with E-state index in [9.17, 15) is 4.79 Å². The van der Waals surface area contributed by atoms with Gasteiger partial charge in [0.05, 0.1) is 18.1 Å². The zero-order valence-corrected chi connectivity index (χ0v) is 13.4. The zero-order valence-electron chi connectivity index (χ0n) is 12.6. The van der Waals surface area contributed by atoms with Crippen LogP contribution in [0.15, 0.2) is 18.2 Å². The molecule has 1 fully saturated rings. The topological polar surface area (TPSA) is 70.2 Å². The lowest BCUT2D eigenvalue weighted by Gasteiger charge is -2.26. The molecule has 1 aliphatic heterocycles. The highest BCUT2D eigenvalue weighted by Crippen LogP contribution is 2.18. The molecule has 0 radical (unpaired) electrons. The molecule has 2 amide bonds. The molecule has 1 aromatic heterocycles. The minimum atomic E-state index is 0.0260. The van der Waals surface area contributed by atoms with Crippen LogP contribution in [0.5, 0.6) is 5.75 Å². The highest BCUT2D eigenvalue weighted by atomic mass is 32.2. The molecule has 2 N–H and O–H groups in total. The summed E-state index contributed by atoms with van der Waals surface area (Å²) in [6.45, 7) is 2.25. The summed E-state index contributed by atoms with van der Waals surface area (Å²) in [6.07, 6.45) is 0.686. The SMILES string of the molecule is COc1ccc2nc(CCNC(=O)N3CCSCC3)[nH]c2c1. The number of nitrogens with one attached hydrogen (secondary N) is 2. The number of hydrogen-bond donors (Lipinski definition) is 2. The van der Waals surface area contributed by atoms with Gasteiger partial charge in [0.15, 0.2) is 0 Å². The maximum Gasteiger partial charge on any atom is 0.317 e. The summed E-state index contributed by atoms with van der Waals surface area (Å²) in [4.78, 5) is 21.7. The van der Waals surface area contributed by atoms with Crippen LogP contribution in [0.2, 0.25) is 0 Å². The second-order valence-electron chi connectivity index (χ2n) is 5.15. The van der Waals surface area contributed by atoms with Crippen molar-refractivity contribution in [3.05, 3.63) is 24.0 Å². The van der Waals surface area contributed by atoms with Gasteiger partial charge in [0.1, 0.15) is 11.6 Å². The number of thioether (sulfide) groups is 1. The second kappa shape index (κ2) is 6.91. The van der Waals surface area contributed by atoms with E-state index in [1.807, 2.05) is 34.9 Å². The number of aromatic amines is 1. The summed E-state index contributed by atoms with van der Waals surface area (Å²) in [7, 11) is 1.65. The molecule has 22 heavy (non-hydrogen) atoms. The lowest BCUT2D eigenvalue weighted by atomic mass is 10.3. The molecule has 1 aliphatic rings. The number of amides is 2. The smallest absolute Gasteiger partial charge is 0.317 e. The number of ether oxygens (including phenoxy) is 1. The van der Waals surface area contributed by atoms with Crippen molar-refractivity contribution in [1.82, 2.24) is 20.2 Å². The number of carbonyl (C=O) groups is 1. The average molecular weight is 320 g/mol. The number of methoxy groups -OCH3 is 1. The Balaban J connectivity index is 1.53. The van der Waals surface area contributed by atoms with Crippen LogP contribution in [0.3, 0.4) is 0 Å². The molecule has 1 aromatic carbocycles. The normalized spacial score (nSPS) is 15.0. The Labute approximate surface area is 133 Å². The molecular formula is C15H20N4O2S. The lowest BCUT2D eigenvalue weighted by molar-refractivity contribution is 0.203. The Morgan fingerprint density at radius 3 is 3.05 bits per heavy atom. The summed E-state index contributed by atoms with van der Waals surface area (Å²) in [5.41, 5.74) is 1.86. The molecule has 0 bridgehead atoms. The summed E-state index contributed by atoms with van der Waals surface area (Å²) in [6, 6.07) is 5.77. The fourth-order valence-electron chi connectivity index (χ4n) is 2.45. The minimum Gasteiger partial charge on any atom is -0.497 e. The molecular weight excluding hydrogens is 300 g/mol. The van der Waals surface area contributed by atoms with Gasteiger partial charge in [0.25, 0.3) is 0 Å². The van der Waals surface area contributed by atoms with E-state index in [2.05, 4.69) is 15.3 Å². The Morgan fingerprint density at radius 2 is 2.27 bits per heavy atom. The lowest BCUT2D eigenvalue weighted by Crippen LogP contribution is -2.44.